The van der Waals surface area contributed by atoms with Crippen molar-refractivity contribution in [1.82, 2.24) is 5.32 Å². The van der Waals surface area contributed by atoms with Crippen LogP contribution in [0.15, 0.2) is 48.5 Å². The van der Waals surface area contributed by atoms with Crippen LogP contribution in [-0.4, -0.2) is 26.0 Å². The Hall–Kier alpha value is -2.49. The molecule has 0 radical (unpaired) electrons. The number of amides is 1. The molecule has 1 N–H and O–H groups in total. The molecule has 2 aromatic rings. The molecular formula is C20H23N3O. The maximum atomic E-state index is 12.4. The molecule has 1 unspecified atom stereocenters. The van der Waals surface area contributed by atoms with Crippen LogP contribution in [0.1, 0.15) is 41.3 Å². The lowest BCUT2D eigenvalue weighted by Crippen LogP contribution is -2.44. The number of benzene rings is 2. The quantitative estimate of drug-likeness (QED) is 0.919. The first kappa shape index (κ1) is 15.1. The second-order valence-electron chi connectivity index (χ2n) is 6.64. The van der Waals surface area contributed by atoms with Crippen molar-refractivity contribution in [3.05, 3.63) is 59.7 Å². The molecule has 1 amide bonds. The summed E-state index contributed by atoms with van der Waals surface area (Å²) >= 11 is 0. The van der Waals surface area contributed by atoms with Crippen LogP contribution in [0.3, 0.4) is 0 Å². The fraction of sp³-hybridized carbons (Fsp3) is 0.350. The van der Waals surface area contributed by atoms with Crippen molar-refractivity contribution in [2.24, 2.45) is 0 Å². The van der Waals surface area contributed by atoms with E-state index in [0.717, 1.165) is 29.9 Å². The van der Waals surface area contributed by atoms with Crippen LogP contribution >= 0.6 is 0 Å². The smallest absolute Gasteiger partial charge is 0.255 e. The number of hydrogen-bond donors (Lipinski definition) is 1. The molecule has 2 heterocycles. The molecule has 2 aromatic carbocycles. The Morgan fingerprint density at radius 2 is 1.67 bits per heavy atom. The topological polar surface area (TPSA) is 35.6 Å². The van der Waals surface area contributed by atoms with E-state index in [4.69, 9.17) is 0 Å². The number of carbonyl (C=O) groups is 1. The number of rotatable bonds is 2. The van der Waals surface area contributed by atoms with Crippen LogP contribution in [0.2, 0.25) is 0 Å². The summed E-state index contributed by atoms with van der Waals surface area (Å²) in [5.41, 5.74) is 4.11. The first-order valence-electron chi connectivity index (χ1n) is 8.72. The molecule has 1 atom stereocenters. The molecule has 1 fully saturated rings. The van der Waals surface area contributed by atoms with E-state index in [2.05, 4.69) is 39.4 Å². The highest BCUT2D eigenvalue weighted by Gasteiger charge is 2.29. The fourth-order valence-electron chi connectivity index (χ4n) is 3.74. The van der Waals surface area contributed by atoms with Gasteiger partial charge in [0, 0.05) is 25.8 Å². The summed E-state index contributed by atoms with van der Waals surface area (Å²) in [5.74, 6) is -0.00573. The van der Waals surface area contributed by atoms with E-state index in [1.165, 1.54) is 24.9 Å². The highest BCUT2D eigenvalue weighted by molar-refractivity contribution is 6.02. The highest BCUT2D eigenvalue weighted by Crippen LogP contribution is 2.32. The van der Waals surface area contributed by atoms with E-state index < -0.39 is 0 Å². The summed E-state index contributed by atoms with van der Waals surface area (Å²) in [6, 6.07) is 16.4. The number of nitrogens with zero attached hydrogens (tertiary/aromatic N) is 2. The predicted octanol–water partition coefficient (Wildman–Crippen LogP) is 3.56. The average Bonchev–Trinajstić information content (AvgIpc) is 2.66. The van der Waals surface area contributed by atoms with Gasteiger partial charge in [0.05, 0.1) is 11.3 Å². The largest absolute Gasteiger partial charge is 0.372 e. The molecular weight excluding hydrogens is 298 g/mol. The first-order valence-corrected chi connectivity index (χ1v) is 8.72. The van der Waals surface area contributed by atoms with Crippen molar-refractivity contribution in [2.75, 3.05) is 29.9 Å². The van der Waals surface area contributed by atoms with E-state index in [1.54, 1.807) is 0 Å². The second kappa shape index (κ2) is 6.19. The molecule has 2 aliphatic heterocycles. The molecule has 0 bridgehead atoms. The molecule has 0 aliphatic carbocycles. The van der Waals surface area contributed by atoms with E-state index in [1.807, 2.05) is 31.3 Å². The van der Waals surface area contributed by atoms with Crippen molar-refractivity contribution >= 4 is 17.3 Å². The Kier molecular flexibility index (Phi) is 3.89. The lowest BCUT2D eigenvalue weighted by Gasteiger charge is -2.36. The Bertz CT molecular complexity index is 735. The molecule has 4 rings (SSSR count). The number of hydrogen-bond acceptors (Lipinski definition) is 3. The summed E-state index contributed by atoms with van der Waals surface area (Å²) in [6.45, 7) is 2.29. The standard InChI is InChI=1S/C20H23N3O/c1-22-18-8-4-3-7-17(18)20(24)21-19(22)15-9-11-16(12-10-15)23-13-5-2-6-14-23/h3-4,7-12,19H,2,5-6,13-14H2,1H3,(H,21,24). The third kappa shape index (κ3) is 2.62. The van der Waals surface area contributed by atoms with Crippen LogP contribution in [0, 0.1) is 0 Å². The molecule has 2 aliphatic rings. The Labute approximate surface area is 143 Å². The van der Waals surface area contributed by atoms with Gasteiger partial charge in [0.1, 0.15) is 6.17 Å². The Morgan fingerprint density at radius 3 is 2.42 bits per heavy atom. The SMILES string of the molecule is CN1c2ccccc2C(=O)NC1c1ccc(N2CCCCC2)cc1. The summed E-state index contributed by atoms with van der Waals surface area (Å²) in [4.78, 5) is 17.0. The van der Waals surface area contributed by atoms with E-state index in [9.17, 15) is 4.79 Å². The first-order chi connectivity index (χ1) is 11.7. The van der Waals surface area contributed by atoms with E-state index in [0.29, 0.717) is 0 Å². The van der Waals surface area contributed by atoms with Gasteiger partial charge in [-0.2, -0.15) is 0 Å². The molecule has 24 heavy (non-hydrogen) atoms. The van der Waals surface area contributed by atoms with Gasteiger partial charge < -0.3 is 15.1 Å². The number of carbonyl (C=O) groups excluding carboxylic acids is 1. The van der Waals surface area contributed by atoms with Gasteiger partial charge >= 0.3 is 0 Å². The summed E-state index contributed by atoms with van der Waals surface area (Å²) in [5, 5.41) is 3.11. The van der Waals surface area contributed by atoms with Gasteiger partial charge in [0.25, 0.3) is 5.91 Å². The molecule has 124 valence electrons. The van der Waals surface area contributed by atoms with Crippen LogP contribution in [0.4, 0.5) is 11.4 Å². The van der Waals surface area contributed by atoms with Crippen LogP contribution < -0.4 is 15.1 Å². The molecule has 0 aromatic heterocycles. The molecule has 0 saturated carbocycles. The summed E-state index contributed by atoms with van der Waals surface area (Å²) in [6.07, 6.45) is 3.77. The van der Waals surface area contributed by atoms with E-state index in [-0.39, 0.29) is 12.1 Å². The third-order valence-corrected chi connectivity index (χ3v) is 5.11. The number of piperidine rings is 1. The second-order valence-corrected chi connectivity index (χ2v) is 6.64. The predicted molar refractivity (Wildman–Crippen MR) is 97.6 cm³/mol. The van der Waals surface area contributed by atoms with Gasteiger partial charge in [-0.05, 0) is 49.1 Å². The zero-order valence-electron chi connectivity index (χ0n) is 14.0. The van der Waals surface area contributed by atoms with Crippen molar-refractivity contribution in [2.45, 2.75) is 25.4 Å². The summed E-state index contributed by atoms with van der Waals surface area (Å²) < 4.78 is 0. The maximum absolute atomic E-state index is 12.4. The number of para-hydroxylation sites is 1. The van der Waals surface area contributed by atoms with Crippen molar-refractivity contribution in [1.29, 1.82) is 0 Å². The molecule has 4 heteroatoms. The summed E-state index contributed by atoms with van der Waals surface area (Å²) in [7, 11) is 2.03. The van der Waals surface area contributed by atoms with E-state index >= 15 is 0 Å². The highest BCUT2D eigenvalue weighted by atomic mass is 16.2. The zero-order valence-corrected chi connectivity index (χ0v) is 14.0. The molecule has 1 saturated heterocycles. The maximum Gasteiger partial charge on any atom is 0.255 e. The van der Waals surface area contributed by atoms with Crippen molar-refractivity contribution < 1.29 is 4.79 Å². The van der Waals surface area contributed by atoms with Gasteiger partial charge in [-0.15, -0.1) is 0 Å². The number of anilines is 2. The number of nitrogens with one attached hydrogen (secondary N) is 1. The normalized spacial score (nSPS) is 20.5. The lowest BCUT2D eigenvalue weighted by atomic mass is 10.0. The van der Waals surface area contributed by atoms with Crippen LogP contribution in [0.5, 0.6) is 0 Å². The minimum Gasteiger partial charge on any atom is -0.372 e. The van der Waals surface area contributed by atoms with Gasteiger partial charge in [0.2, 0.25) is 0 Å². The fourth-order valence-corrected chi connectivity index (χ4v) is 3.74. The minimum absolute atomic E-state index is 0.00573. The van der Waals surface area contributed by atoms with Crippen molar-refractivity contribution in [3.63, 3.8) is 0 Å². The minimum atomic E-state index is -0.122. The zero-order chi connectivity index (χ0) is 16.5. The molecule has 0 spiro atoms. The average molecular weight is 321 g/mol. The van der Waals surface area contributed by atoms with Gasteiger partial charge in [-0.25, -0.2) is 0 Å². The third-order valence-electron chi connectivity index (χ3n) is 5.11. The lowest BCUT2D eigenvalue weighted by molar-refractivity contribution is 0.0928. The van der Waals surface area contributed by atoms with Gasteiger partial charge in [-0.1, -0.05) is 24.3 Å². The van der Waals surface area contributed by atoms with Gasteiger partial charge in [-0.3, -0.25) is 4.79 Å². The Morgan fingerprint density at radius 1 is 0.958 bits per heavy atom. The van der Waals surface area contributed by atoms with Crippen LogP contribution in [-0.2, 0) is 0 Å². The monoisotopic (exact) mass is 321 g/mol. The van der Waals surface area contributed by atoms with Crippen LogP contribution in [0.25, 0.3) is 0 Å². The van der Waals surface area contributed by atoms with Gasteiger partial charge in [0.15, 0.2) is 0 Å². The van der Waals surface area contributed by atoms with Crippen molar-refractivity contribution in [3.8, 4) is 0 Å². The Balaban J connectivity index is 1.59. The number of fused-ring (bicyclic) bond motifs is 1. The molecule has 4 nitrogen and oxygen atoms in total.